The predicted octanol–water partition coefficient (Wildman–Crippen LogP) is 3.55. The smallest absolute Gasteiger partial charge is 0.151 e. The van der Waals surface area contributed by atoms with Crippen molar-refractivity contribution in [2.24, 2.45) is 5.73 Å². The minimum atomic E-state index is -0.389. The molecule has 1 saturated carbocycles. The van der Waals surface area contributed by atoms with Gasteiger partial charge in [0.15, 0.2) is 5.82 Å². The molecule has 5 N–H and O–H groups in total. The van der Waals surface area contributed by atoms with E-state index in [2.05, 4.69) is 32.8 Å². The van der Waals surface area contributed by atoms with Crippen molar-refractivity contribution in [3.8, 4) is 11.3 Å². The third kappa shape index (κ3) is 7.33. The first-order valence-corrected chi connectivity index (χ1v) is 12.7. The molecule has 1 aliphatic carbocycles. The van der Waals surface area contributed by atoms with E-state index in [9.17, 15) is 4.39 Å². The molecule has 4 rings (SSSR count). The fourth-order valence-corrected chi connectivity index (χ4v) is 4.93. The minimum absolute atomic E-state index is 0.314. The lowest BCUT2D eigenvalue weighted by Crippen LogP contribution is -2.50. The van der Waals surface area contributed by atoms with E-state index in [1.807, 2.05) is 18.2 Å². The molecule has 2 fully saturated rings. The molecule has 0 bridgehead atoms. The van der Waals surface area contributed by atoms with E-state index in [4.69, 9.17) is 15.2 Å². The van der Waals surface area contributed by atoms with E-state index < -0.39 is 0 Å². The van der Waals surface area contributed by atoms with Gasteiger partial charge in [-0.2, -0.15) is 0 Å². The Labute approximate surface area is 207 Å². The molecule has 2 aliphatic rings. The summed E-state index contributed by atoms with van der Waals surface area (Å²) in [7, 11) is 1.73. The number of aromatic nitrogens is 2. The topological polar surface area (TPSA) is 106 Å². The highest BCUT2D eigenvalue weighted by atomic mass is 19.1. The van der Waals surface area contributed by atoms with Gasteiger partial charge in [-0.25, -0.2) is 14.4 Å². The molecule has 0 amide bonds. The second kappa shape index (κ2) is 12.1. The van der Waals surface area contributed by atoms with Crippen molar-refractivity contribution in [3.63, 3.8) is 0 Å². The van der Waals surface area contributed by atoms with Gasteiger partial charge in [-0.1, -0.05) is 6.07 Å². The second-order valence-electron chi connectivity index (χ2n) is 10.0. The Morgan fingerprint density at radius 3 is 2.66 bits per heavy atom. The molecule has 2 aromatic heterocycles. The first-order chi connectivity index (χ1) is 16.9. The Hall–Kier alpha value is -2.33. The standard InChI is InChI=1S/C26H39FN6O2/c1-18(16-34-2)31-19-6-8-20(9-7-19)32-25-14-21(22(27)15-29-25)23-4-3-5-24(33-23)30-17-26(28)10-12-35-13-11-26/h3-5,14-15,18-20,31H,6-13,16-17,28H2,1-2H3,(H,29,32)(H,30,33)/t18-,19-,20-/m0/s1. The fourth-order valence-electron chi connectivity index (χ4n) is 4.93. The first-order valence-electron chi connectivity index (χ1n) is 12.7. The number of methoxy groups -OCH3 is 1. The van der Waals surface area contributed by atoms with Gasteiger partial charge in [0.05, 0.1) is 18.5 Å². The molecule has 35 heavy (non-hydrogen) atoms. The Kier molecular flexibility index (Phi) is 8.89. The van der Waals surface area contributed by atoms with Crippen LogP contribution in [0.15, 0.2) is 30.5 Å². The summed E-state index contributed by atoms with van der Waals surface area (Å²) in [6.45, 7) is 4.81. The van der Waals surface area contributed by atoms with Crippen LogP contribution in [0.5, 0.6) is 0 Å². The zero-order valence-corrected chi connectivity index (χ0v) is 20.9. The number of pyridine rings is 2. The number of halogens is 1. The van der Waals surface area contributed by atoms with Gasteiger partial charge in [0, 0.05) is 56.1 Å². The highest BCUT2D eigenvalue weighted by Gasteiger charge is 2.28. The molecule has 0 aromatic carbocycles. The Balaban J connectivity index is 1.36. The van der Waals surface area contributed by atoms with E-state index >= 15 is 0 Å². The van der Waals surface area contributed by atoms with Crippen molar-refractivity contribution in [1.82, 2.24) is 15.3 Å². The molecule has 0 radical (unpaired) electrons. The maximum atomic E-state index is 14.7. The van der Waals surface area contributed by atoms with Crippen LogP contribution < -0.4 is 21.7 Å². The molecular formula is C26H39FN6O2. The summed E-state index contributed by atoms with van der Waals surface area (Å²) in [5.74, 6) is 0.965. The average Bonchev–Trinajstić information content (AvgIpc) is 2.86. The van der Waals surface area contributed by atoms with E-state index in [1.165, 1.54) is 6.20 Å². The second-order valence-corrected chi connectivity index (χ2v) is 10.0. The largest absolute Gasteiger partial charge is 0.383 e. The first kappa shape index (κ1) is 25.8. The van der Waals surface area contributed by atoms with Crippen LogP contribution in [-0.2, 0) is 9.47 Å². The van der Waals surface area contributed by atoms with Crippen LogP contribution in [0, 0.1) is 5.82 Å². The van der Waals surface area contributed by atoms with Crippen molar-refractivity contribution >= 4 is 11.6 Å². The molecule has 1 saturated heterocycles. The summed E-state index contributed by atoms with van der Waals surface area (Å²) in [4.78, 5) is 8.94. The number of hydrogen-bond acceptors (Lipinski definition) is 8. The normalized spacial score (nSPS) is 23.0. The van der Waals surface area contributed by atoms with Crippen LogP contribution in [0.4, 0.5) is 16.0 Å². The Morgan fingerprint density at radius 1 is 1.17 bits per heavy atom. The number of nitrogens with one attached hydrogen (secondary N) is 3. The van der Waals surface area contributed by atoms with Crippen molar-refractivity contribution in [2.45, 2.75) is 69.1 Å². The zero-order valence-electron chi connectivity index (χ0n) is 20.9. The van der Waals surface area contributed by atoms with Crippen LogP contribution in [-0.4, -0.2) is 67.1 Å². The molecule has 192 valence electrons. The number of hydrogen-bond donors (Lipinski definition) is 4. The van der Waals surface area contributed by atoms with Crippen LogP contribution >= 0.6 is 0 Å². The summed E-state index contributed by atoms with van der Waals surface area (Å²) in [6, 6.07) is 8.50. The van der Waals surface area contributed by atoms with E-state index in [1.54, 1.807) is 13.2 Å². The van der Waals surface area contributed by atoms with Crippen molar-refractivity contribution in [3.05, 3.63) is 36.3 Å². The Bertz CT molecular complexity index is 947. The number of nitrogens with two attached hydrogens (primary N) is 1. The third-order valence-corrected chi connectivity index (χ3v) is 7.01. The molecule has 1 aliphatic heterocycles. The van der Waals surface area contributed by atoms with Crippen LogP contribution in [0.3, 0.4) is 0 Å². The maximum Gasteiger partial charge on any atom is 0.151 e. The van der Waals surface area contributed by atoms with Gasteiger partial charge in [0.25, 0.3) is 0 Å². The molecule has 3 heterocycles. The van der Waals surface area contributed by atoms with Crippen LogP contribution in [0.1, 0.15) is 45.4 Å². The minimum Gasteiger partial charge on any atom is -0.383 e. The van der Waals surface area contributed by atoms with Crippen molar-refractivity contribution in [2.75, 3.05) is 44.1 Å². The SMILES string of the molecule is COC[C@H](C)N[C@H]1CC[C@H](Nc2cc(-c3cccc(NCC4(N)CCOCC4)n3)c(F)cn2)CC1. The molecule has 9 heteroatoms. The lowest BCUT2D eigenvalue weighted by Gasteiger charge is -2.33. The number of nitrogens with zero attached hydrogens (tertiary/aromatic N) is 2. The van der Waals surface area contributed by atoms with Gasteiger partial charge in [0.2, 0.25) is 0 Å². The molecule has 8 nitrogen and oxygen atoms in total. The van der Waals surface area contributed by atoms with E-state index in [0.29, 0.717) is 67.4 Å². The summed E-state index contributed by atoms with van der Waals surface area (Å²) in [5, 5.41) is 10.5. The third-order valence-electron chi connectivity index (χ3n) is 7.01. The number of ether oxygens (including phenoxy) is 2. The summed E-state index contributed by atoms with van der Waals surface area (Å²) in [6.07, 6.45) is 7.13. The summed E-state index contributed by atoms with van der Waals surface area (Å²) in [5.41, 5.74) is 7.16. The molecule has 2 aromatic rings. The average molecular weight is 487 g/mol. The van der Waals surface area contributed by atoms with E-state index in [-0.39, 0.29) is 11.4 Å². The van der Waals surface area contributed by atoms with Crippen molar-refractivity contribution < 1.29 is 13.9 Å². The number of anilines is 2. The lowest BCUT2D eigenvalue weighted by molar-refractivity contribution is 0.0574. The molecule has 1 atom stereocenters. The Morgan fingerprint density at radius 2 is 1.91 bits per heavy atom. The highest BCUT2D eigenvalue weighted by Crippen LogP contribution is 2.27. The monoisotopic (exact) mass is 486 g/mol. The molecule has 0 spiro atoms. The zero-order chi connectivity index (χ0) is 24.7. The van der Waals surface area contributed by atoms with Gasteiger partial charge in [-0.05, 0) is 63.6 Å². The van der Waals surface area contributed by atoms with Gasteiger partial charge in [-0.15, -0.1) is 0 Å². The maximum absolute atomic E-state index is 14.7. The van der Waals surface area contributed by atoms with Crippen molar-refractivity contribution in [1.29, 1.82) is 0 Å². The highest BCUT2D eigenvalue weighted by molar-refractivity contribution is 5.65. The number of rotatable bonds is 10. The van der Waals surface area contributed by atoms with Crippen LogP contribution in [0.25, 0.3) is 11.3 Å². The van der Waals surface area contributed by atoms with Gasteiger partial charge in [-0.3, -0.25) is 0 Å². The lowest BCUT2D eigenvalue weighted by atomic mass is 9.90. The van der Waals surface area contributed by atoms with Gasteiger partial charge >= 0.3 is 0 Å². The predicted molar refractivity (Wildman–Crippen MR) is 137 cm³/mol. The van der Waals surface area contributed by atoms with Gasteiger partial charge in [0.1, 0.15) is 11.6 Å². The van der Waals surface area contributed by atoms with E-state index in [0.717, 1.165) is 38.5 Å². The molecular weight excluding hydrogens is 447 g/mol. The molecule has 0 unspecified atom stereocenters. The van der Waals surface area contributed by atoms with Crippen LogP contribution in [0.2, 0.25) is 0 Å². The van der Waals surface area contributed by atoms with Gasteiger partial charge < -0.3 is 31.2 Å². The quantitative estimate of drug-likeness (QED) is 0.404. The summed E-state index contributed by atoms with van der Waals surface area (Å²) >= 11 is 0. The fraction of sp³-hybridized carbons (Fsp3) is 0.615. The summed E-state index contributed by atoms with van der Waals surface area (Å²) < 4.78 is 25.4.